The van der Waals surface area contributed by atoms with Crippen LogP contribution in [0.25, 0.3) is 0 Å². The standard InChI is InChI=1S/C12H18N2O5S/c1-9-11(12(15)16)7-10(19-9)8-13-20(17,18)14-5-3-2-4-6-14/h7,13H,2-6,8H2,1H3,(H,15,16). The zero-order valence-corrected chi connectivity index (χ0v) is 12.1. The highest BCUT2D eigenvalue weighted by Crippen LogP contribution is 2.16. The van der Waals surface area contributed by atoms with E-state index in [-0.39, 0.29) is 17.9 Å². The topological polar surface area (TPSA) is 99.9 Å². The number of carboxylic acid groups (broad SMARTS) is 1. The third kappa shape index (κ3) is 3.38. The molecule has 2 heterocycles. The molecule has 1 aromatic heterocycles. The second-order valence-electron chi connectivity index (χ2n) is 4.77. The molecule has 0 spiro atoms. The third-order valence-electron chi connectivity index (χ3n) is 3.28. The van der Waals surface area contributed by atoms with Crippen molar-refractivity contribution in [1.29, 1.82) is 0 Å². The van der Waals surface area contributed by atoms with Crippen molar-refractivity contribution in [2.75, 3.05) is 13.1 Å². The van der Waals surface area contributed by atoms with Crippen molar-refractivity contribution in [3.05, 3.63) is 23.2 Å². The lowest BCUT2D eigenvalue weighted by Gasteiger charge is -2.25. The number of carboxylic acids is 1. The maximum atomic E-state index is 12.0. The first-order chi connectivity index (χ1) is 9.40. The van der Waals surface area contributed by atoms with E-state index >= 15 is 0 Å². The smallest absolute Gasteiger partial charge is 0.339 e. The Kier molecular flexibility index (Phi) is 4.46. The van der Waals surface area contributed by atoms with Crippen LogP contribution in [-0.2, 0) is 16.8 Å². The summed E-state index contributed by atoms with van der Waals surface area (Å²) in [6, 6.07) is 1.34. The monoisotopic (exact) mass is 302 g/mol. The highest BCUT2D eigenvalue weighted by atomic mass is 32.2. The Morgan fingerprint density at radius 2 is 2.05 bits per heavy atom. The number of aromatic carboxylic acids is 1. The number of hydrogen-bond acceptors (Lipinski definition) is 4. The lowest BCUT2D eigenvalue weighted by molar-refractivity contribution is 0.0695. The largest absolute Gasteiger partial charge is 0.478 e. The maximum absolute atomic E-state index is 12.0. The molecule has 2 N–H and O–H groups in total. The molecule has 7 nitrogen and oxygen atoms in total. The van der Waals surface area contributed by atoms with Crippen LogP contribution in [0.1, 0.15) is 41.1 Å². The Balaban J connectivity index is 2.00. The van der Waals surface area contributed by atoms with E-state index in [1.807, 2.05) is 0 Å². The molecule has 1 fully saturated rings. The molecule has 0 atom stereocenters. The predicted octanol–water partition coefficient (Wildman–Crippen LogP) is 1.11. The highest BCUT2D eigenvalue weighted by molar-refractivity contribution is 7.87. The number of aryl methyl sites for hydroxylation is 1. The summed E-state index contributed by atoms with van der Waals surface area (Å²) in [6.07, 6.45) is 2.78. The second kappa shape index (κ2) is 5.94. The lowest BCUT2D eigenvalue weighted by atomic mass is 10.2. The molecule has 0 unspecified atom stereocenters. The van der Waals surface area contributed by atoms with E-state index < -0.39 is 16.2 Å². The minimum absolute atomic E-state index is 0.0487. The van der Waals surface area contributed by atoms with Crippen molar-refractivity contribution in [2.24, 2.45) is 0 Å². The number of piperidine rings is 1. The molecule has 1 saturated heterocycles. The average Bonchev–Trinajstić information content (AvgIpc) is 2.79. The van der Waals surface area contributed by atoms with Crippen LogP contribution in [0.5, 0.6) is 0 Å². The molecule has 0 aromatic carbocycles. The summed E-state index contributed by atoms with van der Waals surface area (Å²) in [5.41, 5.74) is 0.0529. The summed E-state index contributed by atoms with van der Waals surface area (Å²) in [6.45, 7) is 2.53. The summed E-state index contributed by atoms with van der Waals surface area (Å²) in [4.78, 5) is 10.9. The summed E-state index contributed by atoms with van der Waals surface area (Å²) in [5.74, 6) is -0.526. The van der Waals surface area contributed by atoms with E-state index in [9.17, 15) is 13.2 Å². The van der Waals surface area contributed by atoms with Crippen molar-refractivity contribution in [2.45, 2.75) is 32.7 Å². The molecule has 1 aromatic rings. The number of hydrogen-bond donors (Lipinski definition) is 2. The SMILES string of the molecule is Cc1oc(CNS(=O)(=O)N2CCCCC2)cc1C(=O)O. The molecule has 20 heavy (non-hydrogen) atoms. The minimum Gasteiger partial charge on any atom is -0.478 e. The van der Waals surface area contributed by atoms with E-state index in [0.717, 1.165) is 19.3 Å². The minimum atomic E-state index is -3.53. The quantitative estimate of drug-likeness (QED) is 0.848. The Morgan fingerprint density at radius 1 is 1.40 bits per heavy atom. The number of nitrogens with zero attached hydrogens (tertiary/aromatic N) is 1. The van der Waals surface area contributed by atoms with Crippen LogP contribution in [0.15, 0.2) is 10.5 Å². The molecule has 0 aliphatic carbocycles. The predicted molar refractivity (Wildman–Crippen MR) is 71.6 cm³/mol. The first-order valence-corrected chi connectivity index (χ1v) is 7.91. The number of rotatable bonds is 5. The van der Waals surface area contributed by atoms with Gasteiger partial charge in [0.25, 0.3) is 10.2 Å². The normalized spacial score (nSPS) is 17.2. The summed E-state index contributed by atoms with van der Waals surface area (Å²) in [5, 5.41) is 8.90. The molecular weight excluding hydrogens is 284 g/mol. The van der Waals surface area contributed by atoms with Crippen LogP contribution in [-0.4, -0.2) is 36.9 Å². The van der Waals surface area contributed by atoms with Gasteiger partial charge in [-0.3, -0.25) is 0 Å². The van der Waals surface area contributed by atoms with Crippen LogP contribution in [0.2, 0.25) is 0 Å². The maximum Gasteiger partial charge on any atom is 0.339 e. The van der Waals surface area contributed by atoms with Gasteiger partial charge in [0.15, 0.2) is 0 Å². The van der Waals surface area contributed by atoms with Gasteiger partial charge in [-0.25, -0.2) is 4.79 Å². The van der Waals surface area contributed by atoms with Gasteiger partial charge in [0.05, 0.1) is 6.54 Å². The molecule has 0 bridgehead atoms. The van der Waals surface area contributed by atoms with Crippen LogP contribution in [0.4, 0.5) is 0 Å². The highest BCUT2D eigenvalue weighted by Gasteiger charge is 2.24. The fourth-order valence-electron chi connectivity index (χ4n) is 2.20. The van der Waals surface area contributed by atoms with Crippen molar-refractivity contribution in [3.8, 4) is 0 Å². The van der Waals surface area contributed by atoms with E-state index in [0.29, 0.717) is 18.8 Å². The Morgan fingerprint density at radius 3 is 2.60 bits per heavy atom. The number of furan rings is 1. The fraction of sp³-hybridized carbons (Fsp3) is 0.583. The van der Waals surface area contributed by atoms with Crippen molar-refractivity contribution < 1.29 is 22.7 Å². The fourth-order valence-corrected chi connectivity index (χ4v) is 3.45. The molecule has 0 radical (unpaired) electrons. The van der Waals surface area contributed by atoms with Crippen LogP contribution in [0.3, 0.4) is 0 Å². The van der Waals surface area contributed by atoms with Gasteiger partial charge >= 0.3 is 5.97 Å². The number of nitrogens with one attached hydrogen (secondary N) is 1. The molecule has 8 heteroatoms. The van der Waals surface area contributed by atoms with E-state index in [1.54, 1.807) is 0 Å². The lowest BCUT2D eigenvalue weighted by Crippen LogP contribution is -2.43. The molecular formula is C12H18N2O5S. The molecule has 1 aliphatic heterocycles. The van der Waals surface area contributed by atoms with Gasteiger partial charge in [0, 0.05) is 13.1 Å². The molecule has 0 amide bonds. The second-order valence-corrected chi connectivity index (χ2v) is 6.53. The van der Waals surface area contributed by atoms with Crippen molar-refractivity contribution in [1.82, 2.24) is 9.03 Å². The first kappa shape index (κ1) is 15.0. The van der Waals surface area contributed by atoms with Crippen molar-refractivity contribution in [3.63, 3.8) is 0 Å². The molecule has 112 valence electrons. The van der Waals surface area contributed by atoms with E-state index in [1.165, 1.54) is 17.3 Å². The Bertz CT molecular complexity index is 587. The average molecular weight is 302 g/mol. The van der Waals surface area contributed by atoms with Crippen LogP contribution >= 0.6 is 0 Å². The number of carbonyl (C=O) groups is 1. The van der Waals surface area contributed by atoms with Gasteiger partial charge < -0.3 is 9.52 Å². The van der Waals surface area contributed by atoms with Gasteiger partial charge in [0.2, 0.25) is 0 Å². The van der Waals surface area contributed by atoms with E-state index in [4.69, 9.17) is 9.52 Å². The van der Waals surface area contributed by atoms with Gasteiger partial charge in [-0.15, -0.1) is 0 Å². The Hall–Kier alpha value is -1.38. The molecule has 2 rings (SSSR count). The van der Waals surface area contributed by atoms with Gasteiger partial charge in [-0.05, 0) is 25.8 Å². The Labute approximate surface area is 117 Å². The molecule has 0 saturated carbocycles. The molecule has 1 aliphatic rings. The summed E-state index contributed by atoms with van der Waals surface area (Å²) < 4.78 is 33.2. The van der Waals surface area contributed by atoms with Crippen molar-refractivity contribution >= 4 is 16.2 Å². The van der Waals surface area contributed by atoms with Gasteiger partial charge in [-0.1, -0.05) is 6.42 Å². The zero-order valence-electron chi connectivity index (χ0n) is 11.3. The van der Waals surface area contributed by atoms with Gasteiger partial charge in [-0.2, -0.15) is 17.4 Å². The zero-order chi connectivity index (χ0) is 14.8. The summed E-state index contributed by atoms with van der Waals surface area (Å²) >= 11 is 0. The summed E-state index contributed by atoms with van der Waals surface area (Å²) in [7, 11) is -3.53. The van der Waals surface area contributed by atoms with Crippen LogP contribution in [0, 0.1) is 6.92 Å². The van der Waals surface area contributed by atoms with Gasteiger partial charge in [0.1, 0.15) is 17.1 Å². The van der Waals surface area contributed by atoms with Crippen LogP contribution < -0.4 is 4.72 Å². The van der Waals surface area contributed by atoms with E-state index in [2.05, 4.69) is 4.72 Å². The third-order valence-corrected chi connectivity index (χ3v) is 4.84. The first-order valence-electron chi connectivity index (χ1n) is 6.47.